The number of ether oxygens (including phenoxy) is 1. The SMILES string of the molecule is CCCCCCOc1ccccc1C(=O)Nc1cccc(NC(=O)C2CCCCC2)c1. The molecule has 31 heavy (non-hydrogen) atoms. The third kappa shape index (κ3) is 7.12. The number of hydrogen-bond donors (Lipinski definition) is 2. The summed E-state index contributed by atoms with van der Waals surface area (Å²) >= 11 is 0. The Morgan fingerprint density at radius 2 is 1.65 bits per heavy atom. The van der Waals surface area contributed by atoms with Gasteiger partial charge in [0.2, 0.25) is 5.91 Å². The van der Waals surface area contributed by atoms with Crippen LogP contribution in [0, 0.1) is 5.92 Å². The third-order valence-corrected chi connectivity index (χ3v) is 5.75. The van der Waals surface area contributed by atoms with Crippen molar-refractivity contribution in [1.82, 2.24) is 0 Å². The maximum absolute atomic E-state index is 12.9. The summed E-state index contributed by atoms with van der Waals surface area (Å²) in [4.78, 5) is 25.4. The first-order valence-electron chi connectivity index (χ1n) is 11.6. The molecule has 1 saturated carbocycles. The van der Waals surface area contributed by atoms with Gasteiger partial charge in [0.05, 0.1) is 12.2 Å². The van der Waals surface area contributed by atoms with Crippen molar-refractivity contribution in [3.05, 3.63) is 54.1 Å². The second-order valence-corrected chi connectivity index (χ2v) is 8.26. The van der Waals surface area contributed by atoms with Crippen molar-refractivity contribution in [2.45, 2.75) is 64.7 Å². The highest BCUT2D eigenvalue weighted by Gasteiger charge is 2.21. The molecule has 1 aliphatic carbocycles. The lowest BCUT2D eigenvalue weighted by atomic mass is 9.88. The van der Waals surface area contributed by atoms with Crippen molar-refractivity contribution >= 4 is 23.2 Å². The standard InChI is InChI=1S/C26H34N2O3/c1-2-3-4-10-18-31-24-17-9-8-16-23(24)26(30)28-22-15-11-14-21(19-22)27-25(29)20-12-6-5-7-13-20/h8-9,11,14-17,19-20H,2-7,10,12-13,18H2,1H3,(H,27,29)(H,28,30). The quantitative estimate of drug-likeness (QED) is 0.434. The second kappa shape index (κ2) is 12.1. The normalized spacial score (nSPS) is 14.1. The number of para-hydroxylation sites is 1. The highest BCUT2D eigenvalue weighted by molar-refractivity contribution is 6.06. The lowest BCUT2D eigenvalue weighted by Crippen LogP contribution is -2.24. The Hall–Kier alpha value is -2.82. The first-order chi connectivity index (χ1) is 15.2. The van der Waals surface area contributed by atoms with E-state index in [1.807, 2.05) is 36.4 Å². The van der Waals surface area contributed by atoms with Crippen molar-refractivity contribution in [3.8, 4) is 5.75 Å². The Kier molecular flexibility index (Phi) is 8.95. The Balaban J connectivity index is 1.59. The predicted octanol–water partition coefficient (Wildman–Crippen LogP) is 6.42. The van der Waals surface area contributed by atoms with Gasteiger partial charge in [0.15, 0.2) is 0 Å². The molecule has 0 bridgehead atoms. The number of nitrogens with one attached hydrogen (secondary N) is 2. The molecule has 1 aliphatic rings. The maximum atomic E-state index is 12.9. The smallest absolute Gasteiger partial charge is 0.259 e. The van der Waals surface area contributed by atoms with Gasteiger partial charge in [-0.05, 0) is 49.6 Å². The number of amides is 2. The van der Waals surface area contributed by atoms with E-state index in [2.05, 4.69) is 17.6 Å². The Morgan fingerprint density at radius 3 is 2.42 bits per heavy atom. The van der Waals surface area contributed by atoms with E-state index in [9.17, 15) is 9.59 Å². The molecule has 5 nitrogen and oxygen atoms in total. The summed E-state index contributed by atoms with van der Waals surface area (Å²) in [5.74, 6) is 0.538. The molecule has 0 aromatic heterocycles. The largest absolute Gasteiger partial charge is 0.493 e. The number of anilines is 2. The molecule has 0 aliphatic heterocycles. The molecule has 0 spiro atoms. The maximum Gasteiger partial charge on any atom is 0.259 e. The van der Waals surface area contributed by atoms with E-state index >= 15 is 0 Å². The molecule has 0 saturated heterocycles. The molecule has 3 rings (SSSR count). The fourth-order valence-corrected chi connectivity index (χ4v) is 3.97. The average molecular weight is 423 g/mol. The van der Waals surface area contributed by atoms with Gasteiger partial charge in [-0.15, -0.1) is 0 Å². The average Bonchev–Trinajstić information content (AvgIpc) is 2.80. The van der Waals surface area contributed by atoms with Crippen LogP contribution >= 0.6 is 0 Å². The van der Waals surface area contributed by atoms with E-state index in [-0.39, 0.29) is 17.7 Å². The molecule has 5 heteroatoms. The summed E-state index contributed by atoms with van der Waals surface area (Å²) in [7, 11) is 0. The van der Waals surface area contributed by atoms with E-state index in [0.717, 1.165) is 38.5 Å². The minimum Gasteiger partial charge on any atom is -0.493 e. The summed E-state index contributed by atoms with van der Waals surface area (Å²) in [6, 6.07) is 14.6. The summed E-state index contributed by atoms with van der Waals surface area (Å²) in [6.07, 6.45) is 9.85. The zero-order valence-corrected chi connectivity index (χ0v) is 18.5. The van der Waals surface area contributed by atoms with Crippen LogP contribution in [0.5, 0.6) is 5.75 Å². The number of carbonyl (C=O) groups is 2. The van der Waals surface area contributed by atoms with Crippen LogP contribution in [-0.2, 0) is 4.79 Å². The molecular weight excluding hydrogens is 388 g/mol. The van der Waals surface area contributed by atoms with Crippen LogP contribution < -0.4 is 15.4 Å². The van der Waals surface area contributed by atoms with E-state index in [0.29, 0.717) is 29.3 Å². The summed E-state index contributed by atoms with van der Waals surface area (Å²) in [5.41, 5.74) is 1.85. The first kappa shape index (κ1) is 22.9. The van der Waals surface area contributed by atoms with Gasteiger partial charge in [0.25, 0.3) is 5.91 Å². The van der Waals surface area contributed by atoms with E-state index < -0.39 is 0 Å². The molecule has 1 fully saturated rings. The van der Waals surface area contributed by atoms with E-state index in [1.54, 1.807) is 12.1 Å². The van der Waals surface area contributed by atoms with Crippen LogP contribution in [0.4, 0.5) is 11.4 Å². The van der Waals surface area contributed by atoms with Gasteiger partial charge in [-0.25, -0.2) is 0 Å². The molecule has 2 N–H and O–H groups in total. The van der Waals surface area contributed by atoms with Gasteiger partial charge in [-0.1, -0.05) is 63.6 Å². The third-order valence-electron chi connectivity index (χ3n) is 5.75. The van der Waals surface area contributed by atoms with Gasteiger partial charge < -0.3 is 15.4 Å². The number of benzene rings is 2. The van der Waals surface area contributed by atoms with Gasteiger partial charge in [-0.2, -0.15) is 0 Å². The van der Waals surface area contributed by atoms with Gasteiger partial charge in [0.1, 0.15) is 5.75 Å². The highest BCUT2D eigenvalue weighted by Crippen LogP contribution is 2.26. The zero-order chi connectivity index (χ0) is 21.9. The zero-order valence-electron chi connectivity index (χ0n) is 18.5. The van der Waals surface area contributed by atoms with Crippen molar-refractivity contribution in [2.75, 3.05) is 17.2 Å². The van der Waals surface area contributed by atoms with Crippen LogP contribution in [0.3, 0.4) is 0 Å². The van der Waals surface area contributed by atoms with Crippen LogP contribution in [0.1, 0.15) is 75.1 Å². The van der Waals surface area contributed by atoms with Crippen LogP contribution in [-0.4, -0.2) is 18.4 Å². The van der Waals surface area contributed by atoms with Crippen molar-refractivity contribution < 1.29 is 14.3 Å². The second-order valence-electron chi connectivity index (χ2n) is 8.26. The number of hydrogen-bond acceptors (Lipinski definition) is 3. The number of carbonyl (C=O) groups excluding carboxylic acids is 2. The summed E-state index contributed by atoms with van der Waals surface area (Å²) in [5, 5.41) is 5.94. The van der Waals surface area contributed by atoms with Crippen LogP contribution in [0.2, 0.25) is 0 Å². The van der Waals surface area contributed by atoms with E-state index in [1.165, 1.54) is 19.3 Å². The molecule has 0 heterocycles. The van der Waals surface area contributed by atoms with Crippen LogP contribution in [0.15, 0.2) is 48.5 Å². The first-order valence-corrected chi connectivity index (χ1v) is 11.6. The molecule has 2 aromatic carbocycles. The van der Waals surface area contributed by atoms with Gasteiger partial charge in [0, 0.05) is 17.3 Å². The topological polar surface area (TPSA) is 67.4 Å². The summed E-state index contributed by atoms with van der Waals surface area (Å²) < 4.78 is 5.87. The molecule has 0 atom stereocenters. The lowest BCUT2D eigenvalue weighted by Gasteiger charge is -2.21. The minimum atomic E-state index is -0.222. The fraction of sp³-hybridized carbons (Fsp3) is 0.462. The monoisotopic (exact) mass is 422 g/mol. The lowest BCUT2D eigenvalue weighted by molar-refractivity contribution is -0.120. The number of unbranched alkanes of at least 4 members (excludes halogenated alkanes) is 3. The van der Waals surface area contributed by atoms with Gasteiger partial charge in [-0.3, -0.25) is 9.59 Å². The molecule has 166 valence electrons. The highest BCUT2D eigenvalue weighted by atomic mass is 16.5. The van der Waals surface area contributed by atoms with Crippen molar-refractivity contribution in [2.24, 2.45) is 5.92 Å². The Bertz CT molecular complexity index is 859. The van der Waals surface area contributed by atoms with Crippen molar-refractivity contribution in [1.29, 1.82) is 0 Å². The Labute approximate surface area is 185 Å². The predicted molar refractivity (Wildman–Crippen MR) is 126 cm³/mol. The Morgan fingerprint density at radius 1 is 0.903 bits per heavy atom. The molecule has 2 aromatic rings. The number of rotatable bonds is 10. The fourth-order valence-electron chi connectivity index (χ4n) is 3.97. The molecule has 0 unspecified atom stereocenters. The summed E-state index contributed by atoms with van der Waals surface area (Å²) in [6.45, 7) is 2.78. The van der Waals surface area contributed by atoms with E-state index in [4.69, 9.17) is 4.74 Å². The molecule has 2 amide bonds. The van der Waals surface area contributed by atoms with Crippen LogP contribution in [0.25, 0.3) is 0 Å². The molecular formula is C26H34N2O3. The minimum absolute atomic E-state index is 0.0741. The van der Waals surface area contributed by atoms with Gasteiger partial charge >= 0.3 is 0 Å². The molecule has 0 radical (unpaired) electrons. The van der Waals surface area contributed by atoms with Crippen molar-refractivity contribution in [3.63, 3.8) is 0 Å².